The van der Waals surface area contributed by atoms with Gasteiger partial charge in [0.05, 0.1) is 6.20 Å². The number of sulfonamides is 1. The van der Waals surface area contributed by atoms with E-state index in [-0.39, 0.29) is 23.6 Å². The Morgan fingerprint density at radius 1 is 1.17 bits per heavy atom. The molecule has 158 valence electrons. The van der Waals surface area contributed by atoms with E-state index in [4.69, 9.17) is 4.74 Å². The maximum atomic E-state index is 14.6. The second-order valence-electron chi connectivity index (χ2n) is 7.00. The average Bonchev–Trinajstić information content (AvgIpc) is 3.22. The number of ether oxygens (including phenoxy) is 1. The zero-order valence-corrected chi connectivity index (χ0v) is 16.6. The summed E-state index contributed by atoms with van der Waals surface area (Å²) in [6, 6.07) is 3.04. The van der Waals surface area contributed by atoms with E-state index in [1.54, 1.807) is 12.4 Å². The molecule has 2 N–H and O–H groups in total. The molecule has 2 atom stereocenters. The normalized spacial score (nSPS) is 19.4. The lowest BCUT2D eigenvalue weighted by molar-refractivity contribution is 0.129. The fourth-order valence-electron chi connectivity index (χ4n) is 3.66. The van der Waals surface area contributed by atoms with Gasteiger partial charge < -0.3 is 4.74 Å². The van der Waals surface area contributed by atoms with Crippen molar-refractivity contribution in [2.45, 2.75) is 42.6 Å². The highest BCUT2D eigenvalue weighted by molar-refractivity contribution is 7.92. The summed E-state index contributed by atoms with van der Waals surface area (Å²) >= 11 is 0. The molecule has 1 aromatic carbocycles. The Labute approximate surface area is 171 Å². The van der Waals surface area contributed by atoms with Crippen LogP contribution in [-0.4, -0.2) is 34.7 Å². The summed E-state index contributed by atoms with van der Waals surface area (Å²) in [7, 11) is -4.53. The van der Waals surface area contributed by atoms with E-state index in [1.165, 1.54) is 12.3 Å². The Morgan fingerprint density at radius 2 is 1.93 bits per heavy atom. The zero-order chi connectivity index (χ0) is 21.1. The Hall–Kier alpha value is -3.08. The van der Waals surface area contributed by atoms with Gasteiger partial charge in [0.2, 0.25) is 0 Å². The topological polar surface area (TPSA) is 110 Å². The van der Waals surface area contributed by atoms with Crippen LogP contribution in [-0.2, 0) is 10.0 Å². The second kappa shape index (κ2) is 8.34. The molecule has 1 aliphatic rings. The maximum absolute atomic E-state index is 14.6. The molecule has 8 nitrogen and oxygen atoms in total. The van der Waals surface area contributed by atoms with Gasteiger partial charge in [-0.1, -0.05) is 6.42 Å². The minimum Gasteiger partial charge on any atom is -0.490 e. The van der Waals surface area contributed by atoms with E-state index in [0.717, 1.165) is 43.3 Å². The third-order valence-corrected chi connectivity index (χ3v) is 6.40. The summed E-state index contributed by atoms with van der Waals surface area (Å²) in [5.74, 6) is -2.63. The highest BCUT2D eigenvalue weighted by atomic mass is 32.2. The van der Waals surface area contributed by atoms with E-state index in [0.29, 0.717) is 6.42 Å². The molecule has 2 heterocycles. The van der Waals surface area contributed by atoms with Crippen LogP contribution in [0.4, 0.5) is 14.6 Å². The smallest absolute Gasteiger partial charge is 0.268 e. The van der Waals surface area contributed by atoms with Crippen molar-refractivity contribution in [2.75, 3.05) is 4.72 Å². The number of hydrogen-bond donors (Lipinski definition) is 2. The first-order valence-corrected chi connectivity index (χ1v) is 10.9. The van der Waals surface area contributed by atoms with Gasteiger partial charge in [-0.15, -0.1) is 0 Å². The third-order valence-electron chi connectivity index (χ3n) is 5.00. The number of nitrogens with zero attached hydrogens (tertiary/aromatic N) is 3. The van der Waals surface area contributed by atoms with Crippen LogP contribution in [0, 0.1) is 11.6 Å². The van der Waals surface area contributed by atoms with Crippen LogP contribution < -0.4 is 9.46 Å². The van der Waals surface area contributed by atoms with Crippen LogP contribution >= 0.6 is 0 Å². The number of benzene rings is 1. The van der Waals surface area contributed by atoms with Gasteiger partial charge in [0.1, 0.15) is 35.6 Å². The molecule has 0 saturated heterocycles. The first-order chi connectivity index (χ1) is 14.4. The van der Waals surface area contributed by atoms with Crippen molar-refractivity contribution in [3.05, 3.63) is 60.3 Å². The molecule has 30 heavy (non-hydrogen) atoms. The minimum atomic E-state index is -4.53. The van der Waals surface area contributed by atoms with Crippen molar-refractivity contribution >= 4 is 15.8 Å². The average molecular weight is 435 g/mol. The fourth-order valence-corrected chi connectivity index (χ4v) is 4.79. The second-order valence-corrected chi connectivity index (χ2v) is 8.61. The molecule has 0 aliphatic heterocycles. The molecule has 0 radical (unpaired) electrons. The van der Waals surface area contributed by atoms with Crippen LogP contribution in [0.25, 0.3) is 0 Å². The van der Waals surface area contributed by atoms with Crippen molar-refractivity contribution < 1.29 is 21.9 Å². The van der Waals surface area contributed by atoms with Crippen molar-refractivity contribution in [3.8, 4) is 5.75 Å². The van der Waals surface area contributed by atoms with Crippen LogP contribution in [0.3, 0.4) is 0 Å². The molecule has 0 spiro atoms. The molecule has 11 heteroatoms. The highest BCUT2D eigenvalue weighted by Gasteiger charge is 2.31. The predicted molar refractivity (Wildman–Crippen MR) is 103 cm³/mol. The van der Waals surface area contributed by atoms with Crippen molar-refractivity contribution in [1.82, 2.24) is 20.2 Å². The first-order valence-electron chi connectivity index (χ1n) is 9.37. The predicted octanol–water partition coefficient (Wildman–Crippen LogP) is 3.38. The summed E-state index contributed by atoms with van der Waals surface area (Å²) in [6.45, 7) is 0. The van der Waals surface area contributed by atoms with Crippen molar-refractivity contribution in [3.63, 3.8) is 0 Å². The molecule has 4 rings (SSSR count). The SMILES string of the molecule is O=S(=O)(Nc1ccncn1)c1c(F)cc(OC2CCCCC2c2cn[nH]c2)cc1F. The van der Waals surface area contributed by atoms with Crippen LogP contribution in [0.2, 0.25) is 0 Å². The van der Waals surface area contributed by atoms with E-state index in [1.807, 2.05) is 4.72 Å². The summed E-state index contributed by atoms with van der Waals surface area (Å²) in [5.41, 5.74) is 0.967. The first kappa shape index (κ1) is 20.2. The lowest BCUT2D eigenvalue weighted by Crippen LogP contribution is -2.28. The minimum absolute atomic E-state index is 0.0338. The molecule has 0 amide bonds. The van der Waals surface area contributed by atoms with Crippen LogP contribution in [0.1, 0.15) is 37.2 Å². The molecule has 0 bridgehead atoms. The monoisotopic (exact) mass is 435 g/mol. The standard InChI is InChI=1S/C19H19F2N5O3S/c20-15-7-13(29-17-4-2-1-3-14(17)12-9-24-25-10-12)8-16(21)19(15)30(27,28)26-18-5-6-22-11-23-18/h5-11,14,17H,1-4H2,(H,24,25)(H,22,23,26). The Balaban J connectivity index is 1.58. The molecule has 1 saturated carbocycles. The number of hydrogen-bond acceptors (Lipinski definition) is 6. The molecule has 1 aliphatic carbocycles. The lowest BCUT2D eigenvalue weighted by atomic mass is 9.83. The Morgan fingerprint density at radius 3 is 2.60 bits per heavy atom. The number of H-pyrrole nitrogens is 1. The highest BCUT2D eigenvalue weighted by Crippen LogP contribution is 2.36. The van der Waals surface area contributed by atoms with Crippen LogP contribution in [0.15, 0.2) is 48.0 Å². The van der Waals surface area contributed by atoms with E-state index >= 15 is 0 Å². The Kier molecular flexibility index (Phi) is 5.62. The van der Waals surface area contributed by atoms with Crippen molar-refractivity contribution in [2.24, 2.45) is 0 Å². The number of anilines is 1. The molecule has 2 unspecified atom stereocenters. The molecule has 3 aromatic rings. The number of aromatic amines is 1. The quantitative estimate of drug-likeness (QED) is 0.614. The molecule has 1 fully saturated rings. The largest absolute Gasteiger partial charge is 0.490 e. The molecular weight excluding hydrogens is 416 g/mol. The summed E-state index contributed by atoms with van der Waals surface area (Å²) < 4.78 is 62.1. The maximum Gasteiger partial charge on any atom is 0.268 e. The van der Waals surface area contributed by atoms with Crippen LogP contribution in [0.5, 0.6) is 5.75 Å². The number of rotatable bonds is 6. The van der Waals surface area contributed by atoms with E-state index in [9.17, 15) is 17.2 Å². The molecular formula is C19H19F2N5O3S. The van der Waals surface area contributed by atoms with Gasteiger partial charge in [-0.3, -0.25) is 9.82 Å². The summed E-state index contributed by atoms with van der Waals surface area (Å²) in [4.78, 5) is 6.26. The third kappa shape index (κ3) is 4.25. The summed E-state index contributed by atoms with van der Waals surface area (Å²) in [6.07, 6.45) is 9.14. The number of nitrogens with one attached hydrogen (secondary N) is 2. The summed E-state index contributed by atoms with van der Waals surface area (Å²) in [5, 5.41) is 6.72. The van der Waals surface area contributed by atoms with Gasteiger partial charge in [-0.2, -0.15) is 5.10 Å². The van der Waals surface area contributed by atoms with E-state index in [2.05, 4.69) is 20.2 Å². The van der Waals surface area contributed by atoms with Gasteiger partial charge >= 0.3 is 0 Å². The molecule has 2 aromatic heterocycles. The van der Waals surface area contributed by atoms with E-state index < -0.39 is 26.6 Å². The van der Waals surface area contributed by atoms with Gasteiger partial charge in [-0.25, -0.2) is 27.2 Å². The number of aromatic nitrogens is 4. The van der Waals surface area contributed by atoms with Gasteiger partial charge in [0.25, 0.3) is 10.0 Å². The van der Waals surface area contributed by atoms with Crippen molar-refractivity contribution in [1.29, 1.82) is 0 Å². The zero-order valence-electron chi connectivity index (χ0n) is 15.8. The van der Waals surface area contributed by atoms with Gasteiger partial charge in [0, 0.05) is 30.4 Å². The number of halogens is 2. The lowest BCUT2D eigenvalue weighted by Gasteiger charge is -2.31. The van der Waals surface area contributed by atoms with Gasteiger partial charge in [0.15, 0.2) is 4.90 Å². The Bertz CT molecular complexity index is 1090. The fraction of sp³-hybridized carbons (Fsp3) is 0.316. The van der Waals surface area contributed by atoms with Gasteiger partial charge in [-0.05, 0) is 30.9 Å².